The van der Waals surface area contributed by atoms with Crippen molar-refractivity contribution in [3.63, 3.8) is 0 Å². The van der Waals surface area contributed by atoms with E-state index in [2.05, 4.69) is 10.1 Å². The highest BCUT2D eigenvalue weighted by molar-refractivity contribution is 5.80. The molecule has 1 unspecified atom stereocenters. The summed E-state index contributed by atoms with van der Waals surface area (Å²) in [6, 6.07) is 0. The number of ether oxygens (including phenoxy) is 1. The number of amides is 1. The van der Waals surface area contributed by atoms with Crippen LogP contribution >= 0.6 is 0 Å². The lowest BCUT2D eigenvalue weighted by atomic mass is 9.93. The molecule has 0 aliphatic rings. The van der Waals surface area contributed by atoms with Gasteiger partial charge in [0.05, 0.1) is 12.5 Å². The predicted octanol–water partition coefficient (Wildman–Crippen LogP) is -0.103. The zero-order chi connectivity index (χ0) is 12.1. The second-order valence-corrected chi connectivity index (χ2v) is 4.23. The Kier molecular flexibility index (Phi) is 5.28. The summed E-state index contributed by atoms with van der Waals surface area (Å²) in [7, 11) is 1.33. The zero-order valence-electron chi connectivity index (χ0n) is 9.79. The zero-order valence-corrected chi connectivity index (χ0v) is 9.79. The first-order valence-electron chi connectivity index (χ1n) is 4.91. The van der Waals surface area contributed by atoms with Crippen LogP contribution in [0.4, 0.5) is 0 Å². The lowest BCUT2D eigenvalue weighted by Gasteiger charge is -2.22. The predicted molar refractivity (Wildman–Crippen MR) is 57.0 cm³/mol. The van der Waals surface area contributed by atoms with E-state index in [1.54, 1.807) is 20.8 Å². The number of hydrogen-bond donors (Lipinski definition) is 2. The van der Waals surface area contributed by atoms with Gasteiger partial charge < -0.3 is 15.8 Å². The maximum atomic E-state index is 11.4. The molecular weight excluding hydrogens is 196 g/mol. The van der Waals surface area contributed by atoms with E-state index in [1.807, 2.05) is 0 Å². The SMILES string of the molecule is COC(=O)C(C)(C)CNC(=O)C(C)CN. The van der Waals surface area contributed by atoms with Gasteiger partial charge in [0, 0.05) is 19.0 Å². The normalized spacial score (nSPS) is 13.1. The van der Waals surface area contributed by atoms with Gasteiger partial charge in [0.15, 0.2) is 0 Å². The van der Waals surface area contributed by atoms with Gasteiger partial charge in [-0.1, -0.05) is 6.92 Å². The Morgan fingerprint density at radius 1 is 1.47 bits per heavy atom. The van der Waals surface area contributed by atoms with Gasteiger partial charge in [-0.2, -0.15) is 0 Å². The summed E-state index contributed by atoms with van der Waals surface area (Å²) in [5.74, 6) is -0.726. The van der Waals surface area contributed by atoms with Crippen LogP contribution in [0.1, 0.15) is 20.8 Å². The van der Waals surface area contributed by atoms with Crippen molar-refractivity contribution in [2.24, 2.45) is 17.1 Å². The minimum absolute atomic E-state index is 0.144. The summed E-state index contributed by atoms with van der Waals surface area (Å²) in [4.78, 5) is 22.7. The highest BCUT2D eigenvalue weighted by atomic mass is 16.5. The number of methoxy groups -OCH3 is 1. The van der Waals surface area contributed by atoms with Gasteiger partial charge in [-0.3, -0.25) is 9.59 Å². The van der Waals surface area contributed by atoms with E-state index < -0.39 is 5.41 Å². The van der Waals surface area contributed by atoms with Crippen molar-refractivity contribution in [3.8, 4) is 0 Å². The molecule has 0 rings (SSSR count). The molecule has 0 heterocycles. The molecule has 0 aliphatic heterocycles. The van der Waals surface area contributed by atoms with Crippen molar-refractivity contribution in [3.05, 3.63) is 0 Å². The number of carbonyl (C=O) groups is 2. The third-order valence-corrected chi connectivity index (χ3v) is 2.24. The highest BCUT2D eigenvalue weighted by Crippen LogP contribution is 2.15. The Hall–Kier alpha value is -1.10. The Morgan fingerprint density at radius 3 is 2.40 bits per heavy atom. The molecule has 0 aliphatic carbocycles. The average Bonchev–Trinajstić information content (AvgIpc) is 2.23. The van der Waals surface area contributed by atoms with Gasteiger partial charge in [0.2, 0.25) is 5.91 Å². The van der Waals surface area contributed by atoms with Crippen molar-refractivity contribution < 1.29 is 14.3 Å². The fraction of sp³-hybridized carbons (Fsp3) is 0.800. The quantitative estimate of drug-likeness (QED) is 0.629. The first-order valence-corrected chi connectivity index (χ1v) is 4.91. The van der Waals surface area contributed by atoms with Crippen LogP contribution in [0, 0.1) is 11.3 Å². The molecule has 0 aromatic rings. The molecule has 15 heavy (non-hydrogen) atoms. The first kappa shape index (κ1) is 13.9. The fourth-order valence-electron chi connectivity index (χ4n) is 0.938. The van der Waals surface area contributed by atoms with E-state index in [1.165, 1.54) is 7.11 Å². The van der Waals surface area contributed by atoms with Crippen LogP contribution in [-0.2, 0) is 14.3 Å². The lowest BCUT2D eigenvalue weighted by molar-refractivity contribution is -0.150. The van der Waals surface area contributed by atoms with Crippen LogP contribution in [0.5, 0.6) is 0 Å². The van der Waals surface area contributed by atoms with Crippen LogP contribution in [0.15, 0.2) is 0 Å². The Balaban J connectivity index is 4.15. The van der Waals surface area contributed by atoms with Crippen molar-refractivity contribution >= 4 is 11.9 Å². The average molecular weight is 216 g/mol. The second-order valence-electron chi connectivity index (χ2n) is 4.23. The summed E-state index contributed by atoms with van der Waals surface area (Å²) >= 11 is 0. The number of esters is 1. The van der Waals surface area contributed by atoms with E-state index in [0.29, 0.717) is 6.54 Å². The number of rotatable bonds is 5. The summed E-state index contributed by atoms with van der Waals surface area (Å²) < 4.78 is 4.62. The first-order chi connectivity index (χ1) is 6.85. The third kappa shape index (κ3) is 4.29. The van der Waals surface area contributed by atoms with Gasteiger partial charge in [-0.05, 0) is 13.8 Å². The number of nitrogens with one attached hydrogen (secondary N) is 1. The number of carbonyl (C=O) groups excluding carboxylic acids is 2. The molecule has 88 valence electrons. The summed E-state index contributed by atoms with van der Waals surface area (Å²) in [5.41, 5.74) is 4.64. The fourth-order valence-corrected chi connectivity index (χ4v) is 0.938. The summed E-state index contributed by atoms with van der Waals surface area (Å²) in [6.45, 7) is 5.71. The topological polar surface area (TPSA) is 81.4 Å². The molecular formula is C10H20N2O3. The largest absolute Gasteiger partial charge is 0.469 e. The van der Waals surface area contributed by atoms with Crippen molar-refractivity contribution in [2.75, 3.05) is 20.2 Å². The van der Waals surface area contributed by atoms with Gasteiger partial charge in [-0.25, -0.2) is 0 Å². The molecule has 0 aromatic heterocycles. The van der Waals surface area contributed by atoms with Gasteiger partial charge in [0.1, 0.15) is 0 Å². The van der Waals surface area contributed by atoms with E-state index >= 15 is 0 Å². The standard InChI is InChI=1S/C10H20N2O3/c1-7(5-11)8(13)12-6-10(2,3)9(14)15-4/h7H,5-6,11H2,1-4H3,(H,12,13). The maximum absolute atomic E-state index is 11.4. The van der Waals surface area contributed by atoms with Gasteiger partial charge in [0.25, 0.3) is 0 Å². The van der Waals surface area contributed by atoms with Gasteiger partial charge >= 0.3 is 5.97 Å². The molecule has 5 nitrogen and oxygen atoms in total. The lowest BCUT2D eigenvalue weighted by Crippen LogP contribution is -2.42. The van der Waals surface area contributed by atoms with Crippen molar-refractivity contribution in [1.82, 2.24) is 5.32 Å². The molecule has 0 saturated carbocycles. The Labute approximate surface area is 90.4 Å². The monoisotopic (exact) mass is 216 g/mol. The van der Waals surface area contributed by atoms with E-state index in [9.17, 15) is 9.59 Å². The molecule has 1 amide bonds. The summed E-state index contributed by atoms with van der Waals surface area (Å²) in [6.07, 6.45) is 0. The van der Waals surface area contributed by atoms with Crippen LogP contribution < -0.4 is 11.1 Å². The second kappa shape index (κ2) is 5.70. The van der Waals surface area contributed by atoms with E-state index in [4.69, 9.17) is 5.73 Å². The molecule has 0 bridgehead atoms. The minimum atomic E-state index is -0.710. The van der Waals surface area contributed by atoms with Crippen LogP contribution in [0.25, 0.3) is 0 Å². The molecule has 0 fully saturated rings. The molecule has 1 atom stereocenters. The summed E-state index contributed by atoms with van der Waals surface area (Å²) in [5, 5.41) is 2.67. The number of nitrogens with two attached hydrogens (primary N) is 1. The number of hydrogen-bond acceptors (Lipinski definition) is 4. The van der Waals surface area contributed by atoms with Crippen LogP contribution in [0.2, 0.25) is 0 Å². The Bertz CT molecular complexity index is 239. The molecule has 0 radical (unpaired) electrons. The van der Waals surface area contributed by atoms with Crippen molar-refractivity contribution in [1.29, 1.82) is 0 Å². The maximum Gasteiger partial charge on any atom is 0.313 e. The van der Waals surface area contributed by atoms with Crippen LogP contribution in [0.3, 0.4) is 0 Å². The van der Waals surface area contributed by atoms with Crippen LogP contribution in [-0.4, -0.2) is 32.1 Å². The van der Waals surface area contributed by atoms with Gasteiger partial charge in [-0.15, -0.1) is 0 Å². The van der Waals surface area contributed by atoms with E-state index in [0.717, 1.165) is 0 Å². The van der Waals surface area contributed by atoms with Crippen molar-refractivity contribution in [2.45, 2.75) is 20.8 Å². The molecule has 0 aromatic carbocycles. The molecule has 0 saturated heterocycles. The van der Waals surface area contributed by atoms with E-state index in [-0.39, 0.29) is 24.3 Å². The molecule has 5 heteroatoms. The highest BCUT2D eigenvalue weighted by Gasteiger charge is 2.29. The molecule has 3 N–H and O–H groups in total. The smallest absolute Gasteiger partial charge is 0.313 e. The minimum Gasteiger partial charge on any atom is -0.469 e. The molecule has 0 spiro atoms. The Morgan fingerprint density at radius 2 is 2.00 bits per heavy atom. The third-order valence-electron chi connectivity index (χ3n) is 2.24.